The van der Waals surface area contributed by atoms with E-state index < -0.39 is 0 Å². The summed E-state index contributed by atoms with van der Waals surface area (Å²) in [6.07, 6.45) is 4.77. The molecule has 4 rings (SSSR count). The molecule has 0 aliphatic carbocycles. The van der Waals surface area contributed by atoms with Gasteiger partial charge in [-0.05, 0) is 67.3 Å². The van der Waals surface area contributed by atoms with E-state index in [0.717, 1.165) is 30.0 Å². The predicted molar refractivity (Wildman–Crippen MR) is 120 cm³/mol. The Morgan fingerprint density at radius 3 is 2.66 bits per heavy atom. The molecule has 0 bridgehead atoms. The van der Waals surface area contributed by atoms with Crippen LogP contribution >= 0.6 is 0 Å². The zero-order valence-corrected chi connectivity index (χ0v) is 16.8. The van der Waals surface area contributed by atoms with E-state index in [9.17, 15) is 5.11 Å². The van der Waals surface area contributed by atoms with E-state index in [-0.39, 0.29) is 6.61 Å². The fourth-order valence-electron chi connectivity index (χ4n) is 3.62. The highest BCUT2D eigenvalue weighted by Crippen LogP contribution is 2.28. The number of nitrogens with one attached hydrogen (secondary N) is 3. The van der Waals surface area contributed by atoms with Gasteiger partial charge in [-0.2, -0.15) is 0 Å². The van der Waals surface area contributed by atoms with Crippen molar-refractivity contribution in [3.8, 4) is 0 Å². The Bertz CT molecular complexity index is 1130. The van der Waals surface area contributed by atoms with Crippen LogP contribution in [-0.4, -0.2) is 21.6 Å². The van der Waals surface area contributed by atoms with Gasteiger partial charge in [0, 0.05) is 46.9 Å². The number of H-pyrrole nitrogens is 1. The number of pyridine rings is 1. The molecule has 0 atom stereocenters. The molecule has 0 aliphatic rings. The normalized spacial score (nSPS) is 11.0. The number of rotatable bonds is 7. The molecule has 4 N–H and O–H groups in total. The van der Waals surface area contributed by atoms with Crippen LogP contribution in [-0.2, 0) is 13.0 Å². The van der Waals surface area contributed by atoms with E-state index >= 15 is 0 Å². The second-order valence-corrected chi connectivity index (χ2v) is 7.27. The highest BCUT2D eigenvalue weighted by Gasteiger charge is 2.08. The highest BCUT2D eigenvalue weighted by atomic mass is 16.3. The zero-order chi connectivity index (χ0) is 20.2. The summed E-state index contributed by atoms with van der Waals surface area (Å²) in [5.41, 5.74) is 8.73. The van der Waals surface area contributed by atoms with Gasteiger partial charge < -0.3 is 20.7 Å². The third kappa shape index (κ3) is 4.10. The topological polar surface area (TPSA) is 73.0 Å². The van der Waals surface area contributed by atoms with Crippen LogP contribution in [0.1, 0.15) is 22.4 Å². The van der Waals surface area contributed by atoms with Gasteiger partial charge in [0.1, 0.15) is 0 Å². The minimum atomic E-state index is -0.0627. The lowest BCUT2D eigenvalue weighted by molar-refractivity contribution is 0.277. The van der Waals surface area contributed by atoms with Gasteiger partial charge in [0.25, 0.3) is 0 Å². The Labute approximate surface area is 170 Å². The third-order valence-electron chi connectivity index (χ3n) is 5.43. The maximum Gasteiger partial charge on any atom is 0.0853 e. The maximum absolute atomic E-state index is 9.27. The number of nitrogens with zero attached hydrogens (tertiary/aromatic N) is 1. The lowest BCUT2D eigenvalue weighted by atomic mass is 10.0. The fraction of sp³-hybridized carbons (Fsp3) is 0.208. The van der Waals surface area contributed by atoms with Gasteiger partial charge in [-0.3, -0.25) is 4.98 Å². The number of para-hydroxylation sites is 1. The highest BCUT2D eigenvalue weighted by molar-refractivity contribution is 5.83. The summed E-state index contributed by atoms with van der Waals surface area (Å²) >= 11 is 0. The summed E-state index contributed by atoms with van der Waals surface area (Å²) in [7, 11) is 0. The van der Waals surface area contributed by atoms with E-state index in [4.69, 9.17) is 0 Å². The average molecular weight is 386 g/mol. The number of fused-ring (bicyclic) bond motifs is 1. The van der Waals surface area contributed by atoms with Gasteiger partial charge in [0.15, 0.2) is 0 Å². The van der Waals surface area contributed by atoms with E-state index in [0.29, 0.717) is 5.69 Å². The van der Waals surface area contributed by atoms with Crippen molar-refractivity contribution < 1.29 is 5.11 Å². The zero-order valence-electron chi connectivity index (χ0n) is 16.8. The monoisotopic (exact) mass is 386 g/mol. The number of aromatic amines is 1. The molecule has 0 fully saturated rings. The van der Waals surface area contributed by atoms with Crippen LogP contribution in [0.4, 0.5) is 17.1 Å². The van der Waals surface area contributed by atoms with Crippen LogP contribution in [0.5, 0.6) is 0 Å². The molecule has 0 aliphatic heterocycles. The van der Waals surface area contributed by atoms with Gasteiger partial charge in [-0.1, -0.05) is 18.2 Å². The number of hydrogen-bond donors (Lipinski definition) is 4. The molecule has 2 aromatic heterocycles. The third-order valence-corrected chi connectivity index (χ3v) is 5.43. The summed E-state index contributed by atoms with van der Waals surface area (Å²) in [4.78, 5) is 7.47. The molecule has 148 valence electrons. The first-order valence-corrected chi connectivity index (χ1v) is 9.87. The Morgan fingerprint density at radius 2 is 1.79 bits per heavy atom. The van der Waals surface area contributed by atoms with Crippen LogP contribution in [0.25, 0.3) is 10.9 Å². The van der Waals surface area contributed by atoms with Gasteiger partial charge in [-0.25, -0.2) is 0 Å². The number of aromatic nitrogens is 2. The smallest absolute Gasteiger partial charge is 0.0853 e. The number of aliphatic hydroxyl groups excluding tert-OH is 1. The first-order valence-electron chi connectivity index (χ1n) is 9.87. The van der Waals surface area contributed by atoms with Crippen molar-refractivity contribution >= 4 is 28.0 Å². The first-order chi connectivity index (χ1) is 14.2. The maximum atomic E-state index is 9.27. The molecule has 5 heteroatoms. The number of aliphatic hydroxyl groups is 1. The Balaban J connectivity index is 1.44. The average Bonchev–Trinajstić information content (AvgIpc) is 3.16. The molecule has 0 amide bonds. The molecule has 2 heterocycles. The summed E-state index contributed by atoms with van der Waals surface area (Å²) in [6.45, 7) is 5.07. The lowest BCUT2D eigenvalue weighted by Crippen LogP contribution is -2.07. The lowest BCUT2D eigenvalue weighted by Gasteiger charge is -2.16. The van der Waals surface area contributed by atoms with Crippen molar-refractivity contribution in [3.63, 3.8) is 0 Å². The molecule has 0 spiro atoms. The Kier molecular flexibility index (Phi) is 5.49. The first kappa shape index (κ1) is 19.0. The molecule has 0 unspecified atom stereocenters. The van der Waals surface area contributed by atoms with Gasteiger partial charge in [-0.15, -0.1) is 0 Å². The fourth-order valence-corrected chi connectivity index (χ4v) is 3.62. The molecule has 0 radical (unpaired) electrons. The quantitative estimate of drug-likeness (QED) is 0.358. The largest absolute Gasteiger partial charge is 0.390 e. The molecular formula is C24H26N4O. The van der Waals surface area contributed by atoms with Crippen molar-refractivity contribution in [2.45, 2.75) is 26.9 Å². The van der Waals surface area contributed by atoms with Crippen molar-refractivity contribution in [1.29, 1.82) is 0 Å². The SMILES string of the molecule is Cc1c(NCCc2c[nH]c3ccccc23)ccc(Nc2ccnc(CO)c2)c1C. The van der Waals surface area contributed by atoms with Crippen molar-refractivity contribution in [2.24, 2.45) is 0 Å². The minimum absolute atomic E-state index is 0.0627. The molecule has 29 heavy (non-hydrogen) atoms. The standard InChI is InChI=1S/C24H26N4O/c1-16-17(2)23(28-19-10-12-25-20(13-19)15-29)8-7-22(16)26-11-9-18-14-27-24-6-4-3-5-21(18)24/h3-8,10,12-14,26-27,29H,9,11,15H2,1-2H3,(H,25,28). The molecular weight excluding hydrogens is 360 g/mol. The van der Waals surface area contributed by atoms with Crippen LogP contribution in [0.3, 0.4) is 0 Å². The molecule has 2 aromatic carbocycles. The molecule has 0 saturated heterocycles. The summed E-state index contributed by atoms with van der Waals surface area (Å²) in [5, 5.41) is 17.6. The Hall–Kier alpha value is -3.31. The Morgan fingerprint density at radius 1 is 1.00 bits per heavy atom. The van der Waals surface area contributed by atoms with E-state index in [1.54, 1.807) is 6.20 Å². The second-order valence-electron chi connectivity index (χ2n) is 7.27. The van der Waals surface area contributed by atoms with Gasteiger partial charge in [0.2, 0.25) is 0 Å². The van der Waals surface area contributed by atoms with Gasteiger partial charge >= 0.3 is 0 Å². The van der Waals surface area contributed by atoms with Crippen LogP contribution in [0.2, 0.25) is 0 Å². The summed E-state index contributed by atoms with van der Waals surface area (Å²) in [6, 6.07) is 16.4. The number of benzene rings is 2. The predicted octanol–water partition coefficient (Wildman–Crippen LogP) is 5.07. The second kappa shape index (κ2) is 8.37. The number of hydrogen-bond acceptors (Lipinski definition) is 4. The van der Waals surface area contributed by atoms with Crippen molar-refractivity contribution in [1.82, 2.24) is 9.97 Å². The molecule has 5 nitrogen and oxygen atoms in total. The van der Waals surface area contributed by atoms with Gasteiger partial charge in [0.05, 0.1) is 12.3 Å². The molecule has 0 saturated carbocycles. The van der Waals surface area contributed by atoms with E-state index in [1.165, 1.54) is 27.6 Å². The van der Waals surface area contributed by atoms with Crippen molar-refractivity contribution in [3.05, 3.63) is 83.3 Å². The summed E-state index contributed by atoms with van der Waals surface area (Å²) < 4.78 is 0. The minimum Gasteiger partial charge on any atom is -0.390 e. The van der Waals surface area contributed by atoms with Crippen LogP contribution in [0, 0.1) is 13.8 Å². The molecule has 4 aromatic rings. The van der Waals surface area contributed by atoms with E-state index in [1.807, 2.05) is 12.1 Å². The van der Waals surface area contributed by atoms with Crippen LogP contribution < -0.4 is 10.6 Å². The number of anilines is 3. The van der Waals surface area contributed by atoms with E-state index in [2.05, 4.69) is 77.0 Å². The summed E-state index contributed by atoms with van der Waals surface area (Å²) in [5.74, 6) is 0. The van der Waals surface area contributed by atoms with Crippen molar-refractivity contribution in [2.75, 3.05) is 17.2 Å². The van der Waals surface area contributed by atoms with Crippen LogP contribution in [0.15, 0.2) is 60.9 Å².